The Kier molecular flexibility index (Phi) is 6.76. The second kappa shape index (κ2) is 9.28. The standard InChI is InChI=1S/C21H21BrN2O4S/c1-29(26,27)24(19-11-5-4-10-18(19)22)15-21(25)23-13-14-28-20-12-6-8-16-7-2-3-9-17(16)20/h2-12H,13-15H2,1H3,(H,23,25). The van der Waals surface area contributed by atoms with Crippen LogP contribution in [0.25, 0.3) is 10.8 Å². The van der Waals surface area contributed by atoms with Crippen molar-refractivity contribution >= 4 is 48.3 Å². The molecule has 0 aliphatic heterocycles. The highest BCUT2D eigenvalue weighted by molar-refractivity contribution is 9.10. The molecule has 0 saturated carbocycles. The second-order valence-electron chi connectivity index (χ2n) is 6.40. The summed E-state index contributed by atoms with van der Waals surface area (Å²) in [5, 5.41) is 4.78. The average molecular weight is 477 g/mol. The van der Waals surface area contributed by atoms with Gasteiger partial charge in [-0.05, 0) is 39.5 Å². The van der Waals surface area contributed by atoms with Crippen molar-refractivity contribution < 1.29 is 17.9 Å². The van der Waals surface area contributed by atoms with Gasteiger partial charge < -0.3 is 10.1 Å². The second-order valence-corrected chi connectivity index (χ2v) is 9.16. The predicted octanol–water partition coefficient (Wildman–Crippen LogP) is 3.56. The molecule has 0 bridgehead atoms. The van der Waals surface area contributed by atoms with E-state index in [-0.39, 0.29) is 19.7 Å². The molecule has 1 N–H and O–H groups in total. The molecule has 152 valence electrons. The minimum atomic E-state index is -3.62. The number of nitrogens with zero attached hydrogens (tertiary/aromatic N) is 1. The van der Waals surface area contributed by atoms with Crippen LogP contribution in [0.2, 0.25) is 0 Å². The Labute approximate surface area is 178 Å². The predicted molar refractivity (Wildman–Crippen MR) is 119 cm³/mol. The number of hydrogen-bond donors (Lipinski definition) is 1. The van der Waals surface area contributed by atoms with Crippen molar-refractivity contribution in [2.24, 2.45) is 0 Å². The number of hydrogen-bond acceptors (Lipinski definition) is 4. The lowest BCUT2D eigenvalue weighted by atomic mass is 10.1. The van der Waals surface area contributed by atoms with Gasteiger partial charge in [0, 0.05) is 9.86 Å². The Hall–Kier alpha value is -2.58. The maximum atomic E-state index is 12.3. The van der Waals surface area contributed by atoms with Crippen molar-refractivity contribution in [3.8, 4) is 5.75 Å². The van der Waals surface area contributed by atoms with Gasteiger partial charge in [0.05, 0.1) is 18.5 Å². The molecular weight excluding hydrogens is 456 g/mol. The summed E-state index contributed by atoms with van der Waals surface area (Å²) in [6.07, 6.45) is 1.07. The number of sulfonamides is 1. The first kappa shape index (κ1) is 21.1. The molecule has 0 spiro atoms. The first-order valence-corrected chi connectivity index (χ1v) is 11.6. The van der Waals surface area contributed by atoms with Crippen molar-refractivity contribution in [1.82, 2.24) is 5.32 Å². The number of halogens is 1. The van der Waals surface area contributed by atoms with E-state index >= 15 is 0 Å². The molecule has 3 aromatic rings. The molecule has 0 saturated heterocycles. The van der Waals surface area contributed by atoms with Gasteiger partial charge in [-0.2, -0.15) is 0 Å². The molecule has 0 unspecified atom stereocenters. The smallest absolute Gasteiger partial charge is 0.240 e. The highest BCUT2D eigenvalue weighted by atomic mass is 79.9. The first-order valence-electron chi connectivity index (χ1n) is 8.96. The van der Waals surface area contributed by atoms with Crippen LogP contribution >= 0.6 is 15.9 Å². The Bertz CT molecular complexity index is 1110. The average Bonchev–Trinajstić information content (AvgIpc) is 2.69. The molecule has 3 rings (SSSR count). The Morgan fingerprint density at radius 1 is 1.03 bits per heavy atom. The van der Waals surface area contributed by atoms with E-state index in [0.29, 0.717) is 10.2 Å². The SMILES string of the molecule is CS(=O)(=O)N(CC(=O)NCCOc1cccc2ccccc12)c1ccccc1Br. The number of para-hydroxylation sites is 1. The molecule has 0 fully saturated rings. The quantitative estimate of drug-likeness (QED) is 0.504. The number of anilines is 1. The van der Waals surface area contributed by atoms with Gasteiger partial charge in [-0.25, -0.2) is 8.42 Å². The van der Waals surface area contributed by atoms with Crippen LogP contribution in [0.3, 0.4) is 0 Å². The summed E-state index contributed by atoms with van der Waals surface area (Å²) in [5.41, 5.74) is 0.414. The summed E-state index contributed by atoms with van der Waals surface area (Å²) in [6, 6.07) is 20.5. The van der Waals surface area contributed by atoms with Gasteiger partial charge in [-0.1, -0.05) is 48.5 Å². The molecule has 29 heavy (non-hydrogen) atoms. The van der Waals surface area contributed by atoms with Crippen LogP contribution in [0.5, 0.6) is 5.75 Å². The number of nitrogens with one attached hydrogen (secondary N) is 1. The summed E-state index contributed by atoms with van der Waals surface area (Å²) in [4.78, 5) is 12.3. The largest absolute Gasteiger partial charge is 0.491 e. The summed E-state index contributed by atoms with van der Waals surface area (Å²) in [6.45, 7) is 0.221. The Balaban J connectivity index is 1.58. The van der Waals surface area contributed by atoms with Gasteiger partial charge in [0.2, 0.25) is 15.9 Å². The van der Waals surface area contributed by atoms with E-state index < -0.39 is 15.9 Å². The van der Waals surface area contributed by atoms with Gasteiger partial charge in [0.15, 0.2) is 0 Å². The lowest BCUT2D eigenvalue weighted by Crippen LogP contribution is -2.41. The van der Waals surface area contributed by atoms with Crippen LogP contribution < -0.4 is 14.4 Å². The van der Waals surface area contributed by atoms with Gasteiger partial charge in [0.25, 0.3) is 0 Å². The number of fused-ring (bicyclic) bond motifs is 1. The van der Waals surface area contributed by atoms with Gasteiger partial charge in [0.1, 0.15) is 18.9 Å². The third kappa shape index (κ3) is 5.48. The summed E-state index contributed by atoms with van der Waals surface area (Å²) in [7, 11) is -3.62. The Morgan fingerprint density at radius 3 is 2.48 bits per heavy atom. The fraction of sp³-hybridized carbons (Fsp3) is 0.190. The zero-order chi connectivity index (χ0) is 20.9. The van der Waals surface area contributed by atoms with E-state index in [1.165, 1.54) is 0 Å². The number of ether oxygens (including phenoxy) is 1. The van der Waals surface area contributed by atoms with Crippen LogP contribution in [0.1, 0.15) is 0 Å². The summed E-state index contributed by atoms with van der Waals surface area (Å²) < 4.78 is 31.8. The number of benzene rings is 3. The molecular formula is C21H21BrN2O4S. The van der Waals surface area contributed by atoms with Crippen molar-refractivity contribution in [2.75, 3.05) is 30.3 Å². The van der Waals surface area contributed by atoms with Crippen LogP contribution in [0.4, 0.5) is 5.69 Å². The van der Waals surface area contributed by atoms with Crippen LogP contribution in [-0.4, -0.2) is 40.3 Å². The van der Waals surface area contributed by atoms with Crippen LogP contribution in [0.15, 0.2) is 71.2 Å². The fourth-order valence-corrected chi connectivity index (χ4v) is 4.38. The van der Waals surface area contributed by atoms with E-state index in [1.807, 2.05) is 42.5 Å². The first-order chi connectivity index (χ1) is 13.9. The van der Waals surface area contributed by atoms with Gasteiger partial charge in [-0.3, -0.25) is 9.10 Å². The van der Waals surface area contributed by atoms with Crippen molar-refractivity contribution in [3.63, 3.8) is 0 Å². The zero-order valence-corrected chi connectivity index (χ0v) is 18.2. The minimum Gasteiger partial charge on any atom is -0.491 e. The highest BCUT2D eigenvalue weighted by Gasteiger charge is 2.22. The highest BCUT2D eigenvalue weighted by Crippen LogP contribution is 2.27. The molecule has 0 aliphatic carbocycles. The molecule has 6 nitrogen and oxygen atoms in total. The maximum Gasteiger partial charge on any atom is 0.240 e. The van der Waals surface area contributed by atoms with E-state index in [2.05, 4.69) is 21.2 Å². The molecule has 1 amide bonds. The molecule has 3 aromatic carbocycles. The number of carbonyl (C=O) groups is 1. The fourth-order valence-electron chi connectivity index (χ4n) is 2.89. The van der Waals surface area contributed by atoms with Gasteiger partial charge >= 0.3 is 0 Å². The normalized spacial score (nSPS) is 11.2. The molecule has 0 aromatic heterocycles. The summed E-state index contributed by atoms with van der Waals surface area (Å²) >= 11 is 3.33. The molecule has 0 radical (unpaired) electrons. The number of amides is 1. The van der Waals surface area contributed by atoms with E-state index in [4.69, 9.17) is 4.74 Å². The lowest BCUT2D eigenvalue weighted by Gasteiger charge is -2.23. The topological polar surface area (TPSA) is 75.7 Å². The third-order valence-electron chi connectivity index (χ3n) is 4.24. The van der Waals surface area contributed by atoms with Crippen molar-refractivity contribution in [2.45, 2.75) is 0 Å². The molecule has 8 heteroatoms. The maximum absolute atomic E-state index is 12.3. The summed E-state index contributed by atoms with van der Waals surface area (Å²) in [5.74, 6) is 0.330. The van der Waals surface area contributed by atoms with Crippen molar-refractivity contribution in [1.29, 1.82) is 0 Å². The molecule has 0 aliphatic rings. The van der Waals surface area contributed by atoms with Crippen molar-refractivity contribution in [3.05, 3.63) is 71.2 Å². The van der Waals surface area contributed by atoms with Crippen LogP contribution in [-0.2, 0) is 14.8 Å². The number of rotatable bonds is 8. The lowest BCUT2D eigenvalue weighted by molar-refractivity contribution is -0.119. The van der Waals surface area contributed by atoms with Gasteiger partial charge in [-0.15, -0.1) is 0 Å². The zero-order valence-electron chi connectivity index (χ0n) is 15.8. The Morgan fingerprint density at radius 2 is 1.72 bits per heavy atom. The third-order valence-corrected chi connectivity index (χ3v) is 6.04. The van der Waals surface area contributed by atoms with E-state index in [9.17, 15) is 13.2 Å². The minimum absolute atomic E-state index is 0.260. The van der Waals surface area contributed by atoms with Crippen LogP contribution in [0, 0.1) is 0 Å². The van der Waals surface area contributed by atoms with E-state index in [0.717, 1.165) is 27.1 Å². The molecule has 0 heterocycles. The monoisotopic (exact) mass is 476 g/mol. The number of carbonyl (C=O) groups excluding carboxylic acids is 1. The van der Waals surface area contributed by atoms with E-state index in [1.54, 1.807) is 24.3 Å². The molecule has 0 atom stereocenters.